The third-order valence-electron chi connectivity index (χ3n) is 5.38. The van der Waals surface area contributed by atoms with Crippen LogP contribution in [-0.2, 0) is 16.4 Å². The molecule has 186 valence electrons. The number of nitrogens with zero attached hydrogens (tertiary/aromatic N) is 2. The maximum atomic E-state index is 13.5. The minimum atomic E-state index is -3.93. The number of rotatable bonds is 10. The van der Waals surface area contributed by atoms with Crippen molar-refractivity contribution in [2.75, 3.05) is 26.3 Å². The highest BCUT2D eigenvalue weighted by Crippen LogP contribution is 2.33. The summed E-state index contributed by atoms with van der Waals surface area (Å²) in [5.74, 6) is 0.904. The maximum absolute atomic E-state index is 13.5. The molecule has 3 rings (SSSR count). The lowest BCUT2D eigenvalue weighted by atomic mass is 10.0. The molecular weight excluding hydrogens is 464 g/mol. The lowest BCUT2D eigenvalue weighted by molar-refractivity contribution is -0.0984. The summed E-state index contributed by atoms with van der Waals surface area (Å²) in [6, 6.07) is 9.72. The number of carbonyl (C=O) groups is 1. The molecule has 1 heterocycles. The van der Waals surface area contributed by atoms with Crippen molar-refractivity contribution in [1.29, 1.82) is 0 Å². The predicted molar refractivity (Wildman–Crippen MR) is 123 cm³/mol. The van der Waals surface area contributed by atoms with Gasteiger partial charge in [-0.3, -0.25) is 5.21 Å². The first kappa shape index (κ1) is 25.6. The van der Waals surface area contributed by atoms with Gasteiger partial charge in [0, 0.05) is 19.2 Å². The Morgan fingerprint density at radius 2 is 1.71 bits per heavy atom. The standard InChI is InChI=1S/C23H30N2O8S/c1-16(2)15-24(34(30,31)20-7-8-21-22(14-20)33-12-11-32-21)10-9-18(25(29)23(27)28)13-17-3-5-19(26)6-4-17/h3-8,14,16,18,26,29H,9-13,15H2,1-2H3,(H,27,28). The Hall–Kier alpha value is -3.02. The smallest absolute Gasteiger partial charge is 0.431 e. The molecule has 1 unspecified atom stereocenters. The predicted octanol–water partition coefficient (Wildman–Crippen LogP) is 3.18. The van der Waals surface area contributed by atoms with Crippen LogP contribution in [0.4, 0.5) is 4.79 Å². The van der Waals surface area contributed by atoms with E-state index in [9.17, 15) is 28.6 Å². The summed E-state index contributed by atoms with van der Waals surface area (Å²) in [5, 5.41) is 29.1. The number of hydroxylamine groups is 2. The van der Waals surface area contributed by atoms with Crippen molar-refractivity contribution in [2.24, 2.45) is 5.92 Å². The summed E-state index contributed by atoms with van der Waals surface area (Å²) < 4.78 is 39.2. The number of phenols is 1. The molecule has 1 atom stereocenters. The molecule has 0 aromatic heterocycles. The largest absolute Gasteiger partial charge is 0.508 e. The number of ether oxygens (including phenoxy) is 2. The van der Waals surface area contributed by atoms with Crippen LogP contribution in [0.3, 0.4) is 0 Å². The SMILES string of the molecule is CC(C)CN(CCC(Cc1ccc(O)cc1)N(O)C(=O)O)S(=O)(=O)c1ccc2c(c1)OCCO2. The van der Waals surface area contributed by atoms with Crippen molar-refractivity contribution in [1.82, 2.24) is 9.37 Å². The summed E-state index contributed by atoms with van der Waals surface area (Å²) in [7, 11) is -3.93. The number of carboxylic acid groups (broad SMARTS) is 1. The van der Waals surface area contributed by atoms with Gasteiger partial charge in [-0.25, -0.2) is 13.2 Å². The lowest BCUT2D eigenvalue weighted by Crippen LogP contribution is -2.42. The van der Waals surface area contributed by atoms with E-state index in [2.05, 4.69) is 0 Å². The van der Waals surface area contributed by atoms with Crippen LogP contribution in [0.15, 0.2) is 47.4 Å². The summed E-state index contributed by atoms with van der Waals surface area (Å²) >= 11 is 0. The molecule has 10 nitrogen and oxygen atoms in total. The molecule has 0 saturated heterocycles. The van der Waals surface area contributed by atoms with E-state index in [0.29, 0.717) is 30.3 Å². The third kappa shape index (κ3) is 6.31. The fraction of sp³-hybridized carbons (Fsp3) is 0.435. The van der Waals surface area contributed by atoms with Gasteiger partial charge in [0.1, 0.15) is 19.0 Å². The number of amides is 1. The number of phenolic OH excluding ortho intramolecular Hbond substituents is 1. The first-order chi connectivity index (χ1) is 16.1. The zero-order chi connectivity index (χ0) is 24.9. The van der Waals surface area contributed by atoms with Crippen LogP contribution >= 0.6 is 0 Å². The topological polar surface area (TPSA) is 137 Å². The van der Waals surface area contributed by atoms with Crippen LogP contribution in [0, 0.1) is 5.92 Å². The van der Waals surface area contributed by atoms with Crippen LogP contribution in [0.25, 0.3) is 0 Å². The highest BCUT2D eigenvalue weighted by atomic mass is 32.2. The molecule has 11 heteroatoms. The van der Waals surface area contributed by atoms with Crippen LogP contribution in [0.2, 0.25) is 0 Å². The highest BCUT2D eigenvalue weighted by Gasteiger charge is 2.30. The van der Waals surface area contributed by atoms with E-state index >= 15 is 0 Å². The van der Waals surface area contributed by atoms with Gasteiger partial charge in [0.2, 0.25) is 10.0 Å². The second-order valence-electron chi connectivity index (χ2n) is 8.50. The van der Waals surface area contributed by atoms with Gasteiger partial charge < -0.3 is 19.7 Å². The van der Waals surface area contributed by atoms with Crippen molar-refractivity contribution >= 4 is 16.1 Å². The molecule has 0 fully saturated rings. The first-order valence-corrected chi connectivity index (χ1v) is 12.4. The summed E-state index contributed by atoms with van der Waals surface area (Å²) in [5.41, 5.74) is 0.688. The number of hydrogen-bond donors (Lipinski definition) is 3. The summed E-state index contributed by atoms with van der Waals surface area (Å²) in [6.07, 6.45) is -1.34. The van der Waals surface area contributed by atoms with Crippen molar-refractivity contribution in [3.8, 4) is 17.2 Å². The van der Waals surface area contributed by atoms with E-state index < -0.39 is 22.2 Å². The number of hydrogen-bond acceptors (Lipinski definition) is 7. The van der Waals surface area contributed by atoms with Crippen LogP contribution in [0.1, 0.15) is 25.8 Å². The fourth-order valence-corrected chi connectivity index (χ4v) is 5.35. The molecule has 1 aliphatic rings. The zero-order valence-electron chi connectivity index (χ0n) is 19.1. The molecule has 34 heavy (non-hydrogen) atoms. The Kier molecular flexibility index (Phi) is 8.24. The van der Waals surface area contributed by atoms with Crippen LogP contribution in [-0.4, -0.2) is 71.6 Å². The van der Waals surface area contributed by atoms with E-state index in [1.165, 1.54) is 28.6 Å². The van der Waals surface area contributed by atoms with Gasteiger partial charge in [0.05, 0.1) is 10.9 Å². The molecule has 0 saturated carbocycles. The molecule has 1 aliphatic heterocycles. The van der Waals surface area contributed by atoms with Crippen molar-refractivity contribution in [3.63, 3.8) is 0 Å². The molecule has 2 aromatic rings. The quantitative estimate of drug-likeness (QED) is 0.338. The van der Waals surface area contributed by atoms with E-state index in [-0.39, 0.29) is 47.6 Å². The number of benzene rings is 2. The number of fused-ring (bicyclic) bond motifs is 1. The highest BCUT2D eigenvalue weighted by molar-refractivity contribution is 7.89. The minimum Gasteiger partial charge on any atom is -0.508 e. The van der Waals surface area contributed by atoms with E-state index in [0.717, 1.165) is 0 Å². The average molecular weight is 495 g/mol. The average Bonchev–Trinajstić information content (AvgIpc) is 2.80. The molecule has 0 spiro atoms. The van der Waals surface area contributed by atoms with E-state index in [4.69, 9.17) is 9.47 Å². The second kappa shape index (κ2) is 10.9. The van der Waals surface area contributed by atoms with Crippen molar-refractivity contribution in [2.45, 2.75) is 37.6 Å². The monoisotopic (exact) mass is 494 g/mol. The van der Waals surface area contributed by atoms with Gasteiger partial charge in [0.25, 0.3) is 0 Å². The van der Waals surface area contributed by atoms with Gasteiger partial charge in [0.15, 0.2) is 11.5 Å². The summed E-state index contributed by atoms with van der Waals surface area (Å²) in [4.78, 5) is 11.5. The first-order valence-electron chi connectivity index (χ1n) is 11.0. The minimum absolute atomic E-state index is 0.00670. The molecule has 0 bridgehead atoms. The van der Waals surface area contributed by atoms with Gasteiger partial charge in [-0.1, -0.05) is 26.0 Å². The molecular formula is C23H30N2O8S. The Labute approximate surface area is 199 Å². The molecule has 1 amide bonds. The van der Waals surface area contributed by atoms with Gasteiger partial charge in [-0.15, -0.1) is 0 Å². The third-order valence-corrected chi connectivity index (χ3v) is 7.24. The van der Waals surface area contributed by atoms with E-state index in [1.807, 2.05) is 13.8 Å². The summed E-state index contributed by atoms with van der Waals surface area (Å²) in [6.45, 7) is 4.68. The Morgan fingerprint density at radius 1 is 1.06 bits per heavy atom. The Balaban J connectivity index is 1.83. The van der Waals surface area contributed by atoms with Crippen LogP contribution in [0.5, 0.6) is 17.2 Å². The number of aromatic hydroxyl groups is 1. The van der Waals surface area contributed by atoms with Gasteiger partial charge >= 0.3 is 6.09 Å². The van der Waals surface area contributed by atoms with E-state index in [1.54, 1.807) is 18.2 Å². The Bertz CT molecular complexity index is 1090. The second-order valence-corrected chi connectivity index (χ2v) is 10.4. The maximum Gasteiger partial charge on any atom is 0.431 e. The zero-order valence-corrected chi connectivity index (χ0v) is 19.9. The molecule has 3 N–H and O–H groups in total. The normalized spacial score (nSPS) is 14.3. The molecule has 0 radical (unpaired) electrons. The Morgan fingerprint density at radius 3 is 2.32 bits per heavy atom. The molecule has 2 aromatic carbocycles. The van der Waals surface area contributed by atoms with Crippen LogP contribution < -0.4 is 9.47 Å². The lowest BCUT2D eigenvalue weighted by Gasteiger charge is -2.29. The van der Waals surface area contributed by atoms with Gasteiger partial charge in [-0.05, 0) is 48.6 Å². The number of sulfonamides is 1. The molecule has 0 aliphatic carbocycles. The van der Waals surface area contributed by atoms with Gasteiger partial charge in [-0.2, -0.15) is 9.37 Å². The van der Waals surface area contributed by atoms with Crippen molar-refractivity contribution < 1.29 is 38.1 Å². The van der Waals surface area contributed by atoms with Crippen molar-refractivity contribution in [3.05, 3.63) is 48.0 Å². The fourth-order valence-electron chi connectivity index (χ4n) is 3.71.